The number of nitrogen functional groups attached to an aromatic ring is 1. The minimum Gasteiger partial charge on any atom is -0.397 e. The Morgan fingerprint density at radius 1 is 0.812 bits per heavy atom. The maximum Gasteiger partial charge on any atom is 0.255 e. The Hall–Kier alpha value is -4.04. The van der Waals surface area contributed by atoms with Gasteiger partial charge in [-0.05, 0) is 71.8 Å². The third kappa shape index (κ3) is 4.35. The molecule has 160 valence electrons. The number of hydrogen-bond donors (Lipinski definition) is 2. The van der Waals surface area contributed by atoms with Gasteiger partial charge < -0.3 is 11.1 Å². The second-order valence-electron chi connectivity index (χ2n) is 6.97. The second-order valence-corrected chi connectivity index (χ2v) is 8.92. The number of carbonyl (C=O) groups is 1. The first-order chi connectivity index (χ1) is 15.3. The molecule has 0 aliphatic rings. The maximum absolute atomic E-state index is 13.2. The van der Waals surface area contributed by atoms with Crippen molar-refractivity contribution in [3.05, 3.63) is 103 Å². The van der Waals surface area contributed by atoms with E-state index in [1.807, 2.05) is 0 Å². The van der Waals surface area contributed by atoms with Gasteiger partial charge in [-0.2, -0.15) is 0 Å². The van der Waals surface area contributed by atoms with Crippen molar-refractivity contribution >= 4 is 27.1 Å². The minimum atomic E-state index is -3.70. The number of halogens is 1. The highest BCUT2D eigenvalue weighted by Gasteiger charge is 2.18. The topological polar surface area (TPSA) is 102 Å². The number of nitrogens with one attached hydrogen (secondary N) is 1. The van der Waals surface area contributed by atoms with Crippen LogP contribution in [0.15, 0.2) is 101 Å². The summed E-state index contributed by atoms with van der Waals surface area (Å²) >= 11 is 0. The molecule has 0 atom stereocenters. The SMILES string of the molecule is Nc1ccc(-c2ccc(F)cc2)cc1NC(=O)c1ccc(S(=O)(=O)c2ccncc2)cc1. The molecule has 3 N–H and O–H groups in total. The van der Waals surface area contributed by atoms with Gasteiger partial charge in [-0.3, -0.25) is 9.78 Å². The van der Waals surface area contributed by atoms with Crippen LogP contribution in [-0.2, 0) is 9.84 Å². The number of anilines is 2. The largest absolute Gasteiger partial charge is 0.397 e. The molecule has 0 saturated carbocycles. The van der Waals surface area contributed by atoms with Crippen molar-refractivity contribution in [2.75, 3.05) is 11.1 Å². The Morgan fingerprint density at radius 3 is 2.06 bits per heavy atom. The summed E-state index contributed by atoms with van der Waals surface area (Å²) in [5.74, 6) is -0.784. The van der Waals surface area contributed by atoms with Crippen LogP contribution in [0.1, 0.15) is 10.4 Å². The quantitative estimate of drug-likeness (QED) is 0.437. The molecule has 0 aliphatic carbocycles. The van der Waals surface area contributed by atoms with E-state index < -0.39 is 15.7 Å². The van der Waals surface area contributed by atoms with Crippen LogP contribution in [0.2, 0.25) is 0 Å². The van der Waals surface area contributed by atoms with Gasteiger partial charge in [0.15, 0.2) is 0 Å². The molecular weight excluding hydrogens is 429 g/mol. The molecule has 3 aromatic carbocycles. The van der Waals surface area contributed by atoms with E-state index in [9.17, 15) is 17.6 Å². The van der Waals surface area contributed by atoms with E-state index in [1.54, 1.807) is 30.3 Å². The van der Waals surface area contributed by atoms with Crippen molar-refractivity contribution in [1.82, 2.24) is 4.98 Å². The monoisotopic (exact) mass is 447 g/mol. The lowest BCUT2D eigenvalue weighted by atomic mass is 10.0. The molecule has 4 rings (SSSR count). The Kier molecular flexibility index (Phi) is 5.70. The summed E-state index contributed by atoms with van der Waals surface area (Å²) in [7, 11) is -3.70. The number of nitrogens with zero attached hydrogens (tertiary/aromatic N) is 1. The van der Waals surface area contributed by atoms with Crippen molar-refractivity contribution < 1.29 is 17.6 Å². The molecular formula is C24H18FN3O3S. The average Bonchev–Trinajstić information content (AvgIpc) is 2.81. The zero-order chi connectivity index (χ0) is 22.7. The van der Waals surface area contributed by atoms with Crippen molar-refractivity contribution in [2.45, 2.75) is 9.79 Å². The van der Waals surface area contributed by atoms with E-state index in [0.29, 0.717) is 11.4 Å². The summed E-state index contributed by atoms with van der Waals surface area (Å²) in [6, 6.07) is 19.5. The van der Waals surface area contributed by atoms with Crippen molar-refractivity contribution in [3.63, 3.8) is 0 Å². The number of rotatable bonds is 5. The van der Waals surface area contributed by atoms with Crippen LogP contribution in [0.5, 0.6) is 0 Å². The van der Waals surface area contributed by atoms with Gasteiger partial charge in [-0.15, -0.1) is 0 Å². The number of hydrogen-bond acceptors (Lipinski definition) is 5. The maximum atomic E-state index is 13.2. The van der Waals surface area contributed by atoms with Gasteiger partial charge in [0.25, 0.3) is 5.91 Å². The van der Waals surface area contributed by atoms with Crippen molar-refractivity contribution in [1.29, 1.82) is 0 Å². The molecule has 1 amide bonds. The van der Waals surface area contributed by atoms with E-state index in [4.69, 9.17) is 5.73 Å². The third-order valence-corrected chi connectivity index (χ3v) is 6.65. The van der Waals surface area contributed by atoms with Gasteiger partial charge in [0, 0.05) is 18.0 Å². The molecule has 0 aliphatic heterocycles. The van der Waals surface area contributed by atoms with Crippen LogP contribution in [0.25, 0.3) is 11.1 Å². The molecule has 0 fully saturated rings. The fraction of sp³-hybridized carbons (Fsp3) is 0. The Labute approximate surface area is 184 Å². The first-order valence-electron chi connectivity index (χ1n) is 9.56. The summed E-state index contributed by atoms with van der Waals surface area (Å²) in [5.41, 5.74) is 8.56. The molecule has 0 unspecified atom stereocenters. The molecule has 0 spiro atoms. The third-order valence-electron chi connectivity index (χ3n) is 4.87. The summed E-state index contributed by atoms with van der Waals surface area (Å²) < 4.78 is 38.5. The molecule has 0 radical (unpaired) electrons. The molecule has 1 heterocycles. The fourth-order valence-electron chi connectivity index (χ4n) is 3.12. The van der Waals surface area contributed by atoms with Crippen LogP contribution < -0.4 is 11.1 Å². The van der Waals surface area contributed by atoms with Crippen LogP contribution in [0.4, 0.5) is 15.8 Å². The fourth-order valence-corrected chi connectivity index (χ4v) is 4.37. The molecule has 1 aromatic heterocycles. The van der Waals surface area contributed by atoms with E-state index in [1.165, 1.54) is 60.9 Å². The lowest BCUT2D eigenvalue weighted by Gasteiger charge is -2.11. The molecule has 4 aromatic rings. The number of carbonyl (C=O) groups excluding carboxylic acids is 1. The predicted molar refractivity (Wildman–Crippen MR) is 120 cm³/mol. The zero-order valence-electron chi connectivity index (χ0n) is 16.7. The summed E-state index contributed by atoms with van der Waals surface area (Å²) in [5, 5.41) is 2.74. The second kappa shape index (κ2) is 8.60. The number of aromatic nitrogens is 1. The number of nitrogens with two attached hydrogens (primary N) is 1. The molecule has 0 saturated heterocycles. The standard InChI is InChI=1S/C24H18FN3O3S/c25-19-6-1-16(2-7-19)18-5-10-22(26)23(15-18)28-24(29)17-3-8-20(9-4-17)32(30,31)21-11-13-27-14-12-21/h1-15H,26H2,(H,28,29). The summed E-state index contributed by atoms with van der Waals surface area (Å²) in [6.07, 6.45) is 2.80. The van der Waals surface area contributed by atoms with Gasteiger partial charge in [-0.25, -0.2) is 12.8 Å². The number of amides is 1. The lowest BCUT2D eigenvalue weighted by Crippen LogP contribution is -2.13. The van der Waals surface area contributed by atoms with Gasteiger partial charge in [0.2, 0.25) is 9.84 Å². The molecule has 8 heteroatoms. The van der Waals surface area contributed by atoms with Crippen LogP contribution >= 0.6 is 0 Å². The molecule has 32 heavy (non-hydrogen) atoms. The lowest BCUT2D eigenvalue weighted by molar-refractivity contribution is 0.102. The van der Waals surface area contributed by atoms with Crippen LogP contribution in [-0.4, -0.2) is 19.3 Å². The highest BCUT2D eigenvalue weighted by Crippen LogP contribution is 2.28. The molecule has 0 bridgehead atoms. The Bertz CT molecular complexity index is 1370. The Balaban J connectivity index is 1.56. The van der Waals surface area contributed by atoms with Gasteiger partial charge in [0.1, 0.15) is 5.82 Å². The van der Waals surface area contributed by atoms with Gasteiger partial charge in [0.05, 0.1) is 21.2 Å². The first kappa shape index (κ1) is 21.2. The number of sulfone groups is 1. The zero-order valence-corrected chi connectivity index (χ0v) is 17.5. The average molecular weight is 447 g/mol. The van der Waals surface area contributed by atoms with E-state index >= 15 is 0 Å². The number of benzene rings is 3. The Morgan fingerprint density at radius 2 is 1.41 bits per heavy atom. The number of pyridine rings is 1. The van der Waals surface area contributed by atoms with E-state index in [-0.39, 0.29) is 21.2 Å². The van der Waals surface area contributed by atoms with Crippen LogP contribution in [0, 0.1) is 5.82 Å². The van der Waals surface area contributed by atoms with E-state index in [0.717, 1.165) is 11.1 Å². The van der Waals surface area contributed by atoms with E-state index in [2.05, 4.69) is 10.3 Å². The van der Waals surface area contributed by atoms with Crippen molar-refractivity contribution in [2.24, 2.45) is 0 Å². The first-order valence-corrected chi connectivity index (χ1v) is 11.0. The smallest absolute Gasteiger partial charge is 0.255 e. The summed E-state index contributed by atoms with van der Waals surface area (Å²) in [4.78, 5) is 16.7. The highest BCUT2D eigenvalue weighted by molar-refractivity contribution is 7.91. The normalized spacial score (nSPS) is 11.2. The van der Waals surface area contributed by atoms with Gasteiger partial charge in [-0.1, -0.05) is 18.2 Å². The predicted octanol–water partition coefficient (Wildman–Crippen LogP) is 4.56. The molecule has 6 nitrogen and oxygen atoms in total. The highest BCUT2D eigenvalue weighted by atomic mass is 32.2. The minimum absolute atomic E-state index is 0.0677. The van der Waals surface area contributed by atoms with Crippen molar-refractivity contribution in [3.8, 4) is 11.1 Å². The van der Waals surface area contributed by atoms with Gasteiger partial charge >= 0.3 is 0 Å². The van der Waals surface area contributed by atoms with Crippen LogP contribution in [0.3, 0.4) is 0 Å². The summed E-state index contributed by atoms with van der Waals surface area (Å²) in [6.45, 7) is 0.